The molecule has 0 aromatic carbocycles. The van der Waals surface area contributed by atoms with E-state index in [1.165, 1.54) is 18.0 Å². The van der Waals surface area contributed by atoms with Gasteiger partial charge in [0.1, 0.15) is 12.1 Å². The van der Waals surface area contributed by atoms with E-state index in [0.717, 1.165) is 0 Å². The lowest BCUT2D eigenvalue weighted by Crippen LogP contribution is -2.08. The molecule has 0 saturated heterocycles. The van der Waals surface area contributed by atoms with Gasteiger partial charge in [0, 0.05) is 19.3 Å². The number of hydrogen-bond donors (Lipinski definition) is 1. The molecule has 7 nitrogen and oxygen atoms in total. The van der Waals surface area contributed by atoms with Crippen molar-refractivity contribution in [3.63, 3.8) is 0 Å². The van der Waals surface area contributed by atoms with Crippen LogP contribution in [0.5, 0.6) is 0 Å². The number of aryl methyl sites for hydroxylation is 1. The topological polar surface area (TPSA) is 88.0 Å². The highest BCUT2D eigenvalue weighted by molar-refractivity contribution is 5.92. The third kappa shape index (κ3) is 1.52. The van der Waals surface area contributed by atoms with E-state index in [2.05, 4.69) is 14.8 Å². The predicted octanol–water partition coefficient (Wildman–Crippen LogP) is -0.0254. The average molecular weight is 221 g/mol. The van der Waals surface area contributed by atoms with E-state index in [9.17, 15) is 4.79 Å². The third-order valence-electron chi connectivity index (χ3n) is 2.13. The van der Waals surface area contributed by atoms with Gasteiger partial charge in [0.25, 0.3) is 0 Å². The zero-order valence-electron chi connectivity index (χ0n) is 8.91. The molecule has 0 spiro atoms. The normalized spacial score (nSPS) is 10.4. The maximum atomic E-state index is 11.3. The van der Waals surface area contributed by atoms with Crippen LogP contribution in [-0.2, 0) is 11.8 Å². The molecule has 0 unspecified atom stereocenters. The van der Waals surface area contributed by atoms with Gasteiger partial charge in [-0.1, -0.05) is 0 Å². The molecule has 0 radical (unpaired) electrons. The van der Waals surface area contributed by atoms with Crippen molar-refractivity contribution in [3.05, 3.63) is 24.3 Å². The molecule has 2 N–H and O–H groups in total. The van der Waals surface area contributed by atoms with Crippen molar-refractivity contribution in [1.82, 2.24) is 19.3 Å². The summed E-state index contributed by atoms with van der Waals surface area (Å²) < 4.78 is 7.70. The molecule has 2 heterocycles. The van der Waals surface area contributed by atoms with Gasteiger partial charge in [0.15, 0.2) is 11.5 Å². The van der Waals surface area contributed by atoms with Gasteiger partial charge in [0.05, 0.1) is 7.11 Å². The molecule has 2 rings (SSSR count). The number of imidazole rings is 1. The number of nitrogens with zero attached hydrogens (tertiary/aromatic N) is 4. The Hall–Kier alpha value is -2.31. The summed E-state index contributed by atoms with van der Waals surface area (Å²) in [6, 6.07) is 1.76. The minimum absolute atomic E-state index is 0.0909. The number of nitrogen functional groups attached to an aromatic ring is 1. The summed E-state index contributed by atoms with van der Waals surface area (Å²) in [5.74, 6) is 0.250. The molecule has 0 amide bonds. The smallest absolute Gasteiger partial charge is 0.360 e. The molecular formula is C9H11N5O2. The predicted molar refractivity (Wildman–Crippen MR) is 56.1 cm³/mol. The van der Waals surface area contributed by atoms with Crippen molar-refractivity contribution in [2.24, 2.45) is 7.05 Å². The molecule has 0 bridgehead atoms. The van der Waals surface area contributed by atoms with Crippen LogP contribution in [0.15, 0.2) is 18.6 Å². The fourth-order valence-corrected chi connectivity index (χ4v) is 1.33. The number of anilines is 1. The molecule has 0 aliphatic carbocycles. The summed E-state index contributed by atoms with van der Waals surface area (Å²) in [5.41, 5.74) is 5.86. The van der Waals surface area contributed by atoms with E-state index in [1.807, 2.05) is 0 Å². The number of methoxy groups -OCH3 is 1. The van der Waals surface area contributed by atoms with Crippen LogP contribution in [0, 0.1) is 0 Å². The first-order valence-corrected chi connectivity index (χ1v) is 4.54. The number of aromatic nitrogens is 4. The lowest BCUT2D eigenvalue weighted by atomic mass is 10.4. The van der Waals surface area contributed by atoms with Crippen molar-refractivity contribution in [3.8, 4) is 5.82 Å². The van der Waals surface area contributed by atoms with E-state index in [1.54, 1.807) is 24.0 Å². The molecule has 0 aliphatic rings. The fraction of sp³-hybridized carbons (Fsp3) is 0.222. The quantitative estimate of drug-likeness (QED) is 0.720. The number of carbonyl (C=O) groups excluding carboxylic acids is 1. The Morgan fingerprint density at radius 1 is 1.56 bits per heavy atom. The van der Waals surface area contributed by atoms with Crippen LogP contribution < -0.4 is 5.73 Å². The van der Waals surface area contributed by atoms with Crippen molar-refractivity contribution in [2.45, 2.75) is 0 Å². The maximum Gasteiger partial charge on any atom is 0.360 e. The van der Waals surface area contributed by atoms with Gasteiger partial charge >= 0.3 is 5.97 Å². The lowest BCUT2D eigenvalue weighted by Gasteiger charge is -2.00. The van der Waals surface area contributed by atoms with E-state index in [0.29, 0.717) is 5.82 Å². The van der Waals surface area contributed by atoms with Gasteiger partial charge in [-0.05, 0) is 0 Å². The SMILES string of the molecule is COC(=O)c1ncn(-c2ccn(C)n2)c1N. The fourth-order valence-electron chi connectivity index (χ4n) is 1.33. The van der Waals surface area contributed by atoms with Crippen LogP contribution in [0.2, 0.25) is 0 Å². The van der Waals surface area contributed by atoms with Crippen molar-refractivity contribution < 1.29 is 9.53 Å². The summed E-state index contributed by atoms with van der Waals surface area (Å²) in [5, 5.41) is 4.15. The van der Waals surface area contributed by atoms with E-state index in [-0.39, 0.29) is 11.5 Å². The molecular weight excluding hydrogens is 210 g/mol. The number of hydrogen-bond acceptors (Lipinski definition) is 5. The largest absolute Gasteiger partial charge is 0.464 e. The number of esters is 1. The third-order valence-corrected chi connectivity index (χ3v) is 2.13. The second-order valence-corrected chi connectivity index (χ2v) is 3.19. The number of ether oxygens (including phenoxy) is 1. The van der Waals surface area contributed by atoms with E-state index in [4.69, 9.17) is 5.73 Å². The molecule has 0 saturated carbocycles. The Labute approximate surface area is 91.4 Å². The maximum absolute atomic E-state index is 11.3. The molecule has 0 atom stereocenters. The molecule has 84 valence electrons. The van der Waals surface area contributed by atoms with Gasteiger partial charge in [-0.2, -0.15) is 5.10 Å². The second kappa shape index (κ2) is 3.69. The highest BCUT2D eigenvalue weighted by Crippen LogP contribution is 2.15. The minimum Gasteiger partial charge on any atom is -0.464 e. The first kappa shape index (κ1) is 10.2. The summed E-state index contributed by atoms with van der Waals surface area (Å²) in [6.07, 6.45) is 3.20. The van der Waals surface area contributed by atoms with Crippen LogP contribution >= 0.6 is 0 Å². The molecule has 0 fully saturated rings. The standard InChI is InChI=1S/C9H11N5O2/c1-13-4-3-6(12-13)14-5-11-7(8(14)10)9(15)16-2/h3-5H,10H2,1-2H3. The van der Waals surface area contributed by atoms with E-state index >= 15 is 0 Å². The minimum atomic E-state index is -0.563. The average Bonchev–Trinajstić information content (AvgIpc) is 2.83. The van der Waals surface area contributed by atoms with Crippen LogP contribution in [0.4, 0.5) is 5.82 Å². The van der Waals surface area contributed by atoms with Gasteiger partial charge in [-0.25, -0.2) is 9.78 Å². The first-order valence-electron chi connectivity index (χ1n) is 4.54. The van der Waals surface area contributed by atoms with Gasteiger partial charge in [-0.15, -0.1) is 0 Å². The van der Waals surface area contributed by atoms with Crippen LogP contribution in [0.25, 0.3) is 5.82 Å². The molecule has 2 aromatic heterocycles. The molecule has 7 heteroatoms. The zero-order chi connectivity index (χ0) is 11.7. The summed E-state index contributed by atoms with van der Waals surface area (Å²) in [7, 11) is 3.07. The summed E-state index contributed by atoms with van der Waals surface area (Å²) in [4.78, 5) is 15.2. The number of rotatable bonds is 2. The lowest BCUT2D eigenvalue weighted by molar-refractivity contribution is 0.0596. The highest BCUT2D eigenvalue weighted by atomic mass is 16.5. The molecule has 0 aliphatic heterocycles. The van der Waals surface area contributed by atoms with Crippen LogP contribution in [0.1, 0.15) is 10.5 Å². The van der Waals surface area contributed by atoms with Crippen molar-refractivity contribution in [1.29, 1.82) is 0 Å². The van der Waals surface area contributed by atoms with Gasteiger partial charge in [0.2, 0.25) is 0 Å². The van der Waals surface area contributed by atoms with Gasteiger partial charge in [-0.3, -0.25) is 9.25 Å². The number of carbonyl (C=O) groups is 1. The van der Waals surface area contributed by atoms with Crippen molar-refractivity contribution in [2.75, 3.05) is 12.8 Å². The number of nitrogens with two attached hydrogens (primary N) is 1. The summed E-state index contributed by atoms with van der Waals surface area (Å²) >= 11 is 0. The Kier molecular flexibility index (Phi) is 2.35. The zero-order valence-corrected chi connectivity index (χ0v) is 8.91. The Morgan fingerprint density at radius 3 is 2.88 bits per heavy atom. The Bertz CT molecular complexity index is 528. The Balaban J connectivity index is 2.44. The van der Waals surface area contributed by atoms with Crippen LogP contribution in [0.3, 0.4) is 0 Å². The van der Waals surface area contributed by atoms with Crippen LogP contribution in [-0.4, -0.2) is 32.4 Å². The van der Waals surface area contributed by atoms with Crippen molar-refractivity contribution >= 4 is 11.8 Å². The summed E-state index contributed by atoms with van der Waals surface area (Å²) in [6.45, 7) is 0. The highest BCUT2D eigenvalue weighted by Gasteiger charge is 2.17. The van der Waals surface area contributed by atoms with Gasteiger partial charge < -0.3 is 10.5 Å². The first-order chi connectivity index (χ1) is 7.63. The molecule has 16 heavy (non-hydrogen) atoms. The second-order valence-electron chi connectivity index (χ2n) is 3.19. The Morgan fingerprint density at radius 2 is 2.31 bits per heavy atom. The van der Waals surface area contributed by atoms with E-state index < -0.39 is 5.97 Å². The molecule has 2 aromatic rings. The monoisotopic (exact) mass is 221 g/mol.